The van der Waals surface area contributed by atoms with Gasteiger partial charge in [0.05, 0.1) is 24.1 Å². The lowest BCUT2D eigenvalue weighted by atomic mass is 9.89. The number of hydrogen-bond donors (Lipinski definition) is 0. The van der Waals surface area contributed by atoms with E-state index in [1.807, 2.05) is 48.0 Å². The summed E-state index contributed by atoms with van der Waals surface area (Å²) in [6.45, 7) is 7.93. The summed E-state index contributed by atoms with van der Waals surface area (Å²) in [4.78, 5) is 26.1. The van der Waals surface area contributed by atoms with E-state index in [2.05, 4.69) is 30.5 Å². The number of likely N-dealkylation sites (N-methyl/N-ethyl adjacent to an activating group) is 1. The molecule has 0 atom stereocenters. The number of ether oxygens (including phenoxy) is 1. The predicted molar refractivity (Wildman–Crippen MR) is 129 cm³/mol. The number of rotatable bonds is 5. The number of benzene rings is 2. The van der Waals surface area contributed by atoms with Crippen LogP contribution in [0.1, 0.15) is 32.7 Å². The topological polar surface area (TPSA) is 51.5 Å². The monoisotopic (exact) mass is 426 g/mol. The van der Waals surface area contributed by atoms with Crippen molar-refractivity contribution in [3.05, 3.63) is 106 Å². The SMILES string of the molecule is C=C(/C(=C1/c2cc(=O)c(C=O)cn2CCN1C)c1cccc(OC)c1)c1cccc(C)c1. The zero-order valence-electron chi connectivity index (χ0n) is 18.6. The van der Waals surface area contributed by atoms with Gasteiger partial charge in [0.2, 0.25) is 0 Å². The van der Waals surface area contributed by atoms with Crippen LogP contribution in [0.4, 0.5) is 0 Å². The van der Waals surface area contributed by atoms with Crippen molar-refractivity contribution in [1.29, 1.82) is 0 Å². The number of pyridine rings is 1. The summed E-state index contributed by atoms with van der Waals surface area (Å²) in [6, 6.07) is 17.6. The van der Waals surface area contributed by atoms with Gasteiger partial charge in [-0.1, -0.05) is 48.5 Å². The lowest BCUT2D eigenvalue weighted by molar-refractivity contribution is 0.112. The highest BCUT2D eigenvalue weighted by Crippen LogP contribution is 2.40. The number of carbonyl (C=O) groups excluding carboxylic acids is 1. The van der Waals surface area contributed by atoms with Crippen molar-refractivity contribution in [2.24, 2.45) is 0 Å². The van der Waals surface area contributed by atoms with Gasteiger partial charge < -0.3 is 14.2 Å². The zero-order valence-corrected chi connectivity index (χ0v) is 18.6. The first-order valence-electron chi connectivity index (χ1n) is 10.5. The van der Waals surface area contributed by atoms with Crippen LogP contribution in [0.25, 0.3) is 16.8 Å². The van der Waals surface area contributed by atoms with Crippen LogP contribution in [0.5, 0.6) is 5.75 Å². The zero-order chi connectivity index (χ0) is 22.8. The highest BCUT2D eigenvalue weighted by atomic mass is 16.5. The van der Waals surface area contributed by atoms with Crippen molar-refractivity contribution in [1.82, 2.24) is 9.47 Å². The third-order valence-electron chi connectivity index (χ3n) is 5.85. The van der Waals surface area contributed by atoms with Gasteiger partial charge in [0.25, 0.3) is 0 Å². The highest BCUT2D eigenvalue weighted by Gasteiger charge is 2.25. The van der Waals surface area contributed by atoms with Crippen molar-refractivity contribution in [3.8, 4) is 5.75 Å². The molecule has 0 aliphatic carbocycles. The summed E-state index contributed by atoms with van der Waals surface area (Å²) in [6.07, 6.45) is 2.27. The molecule has 0 bridgehead atoms. The van der Waals surface area contributed by atoms with Crippen LogP contribution in [0.3, 0.4) is 0 Å². The summed E-state index contributed by atoms with van der Waals surface area (Å²) in [5, 5.41) is 0. The number of aromatic nitrogens is 1. The molecule has 2 heterocycles. The van der Waals surface area contributed by atoms with Crippen LogP contribution >= 0.6 is 0 Å². The van der Waals surface area contributed by atoms with E-state index >= 15 is 0 Å². The number of hydrogen-bond acceptors (Lipinski definition) is 4. The van der Waals surface area contributed by atoms with Crippen molar-refractivity contribution < 1.29 is 9.53 Å². The number of allylic oxidation sites excluding steroid dienone is 2. The van der Waals surface area contributed by atoms with Crippen LogP contribution in [0.15, 0.2) is 72.2 Å². The Labute approximate surface area is 187 Å². The Morgan fingerprint density at radius 2 is 1.81 bits per heavy atom. The summed E-state index contributed by atoms with van der Waals surface area (Å²) in [7, 11) is 3.66. The first-order valence-corrected chi connectivity index (χ1v) is 10.5. The van der Waals surface area contributed by atoms with Crippen molar-refractivity contribution >= 4 is 23.1 Å². The second-order valence-corrected chi connectivity index (χ2v) is 8.01. The molecule has 162 valence electrons. The Morgan fingerprint density at radius 3 is 2.53 bits per heavy atom. The molecule has 1 aliphatic rings. The molecule has 0 amide bonds. The van der Waals surface area contributed by atoms with Crippen molar-refractivity contribution in [2.75, 3.05) is 20.7 Å². The van der Waals surface area contributed by atoms with E-state index in [1.165, 1.54) is 0 Å². The largest absolute Gasteiger partial charge is 0.497 e. The average molecular weight is 427 g/mol. The number of nitrogens with zero attached hydrogens (tertiary/aromatic N) is 2. The minimum atomic E-state index is -0.287. The molecular formula is C27H26N2O3. The minimum Gasteiger partial charge on any atom is -0.497 e. The fourth-order valence-electron chi connectivity index (χ4n) is 4.16. The molecule has 1 aromatic heterocycles. The van der Waals surface area contributed by atoms with Crippen molar-refractivity contribution in [3.63, 3.8) is 0 Å². The Balaban J connectivity index is 2.05. The molecule has 32 heavy (non-hydrogen) atoms. The molecule has 0 N–H and O–H groups in total. The Hall–Kier alpha value is -3.86. The van der Waals surface area contributed by atoms with Gasteiger partial charge in [-0.05, 0) is 35.8 Å². The van der Waals surface area contributed by atoms with E-state index in [1.54, 1.807) is 19.4 Å². The molecule has 0 radical (unpaired) electrons. The normalized spacial score (nSPS) is 14.5. The Bertz CT molecular complexity index is 1300. The van der Waals surface area contributed by atoms with Crippen LogP contribution in [0, 0.1) is 6.92 Å². The van der Waals surface area contributed by atoms with Gasteiger partial charge in [-0.3, -0.25) is 9.59 Å². The number of aldehydes is 1. The maximum Gasteiger partial charge on any atom is 0.192 e. The third-order valence-corrected chi connectivity index (χ3v) is 5.85. The molecule has 0 saturated heterocycles. The van der Waals surface area contributed by atoms with E-state index in [0.29, 0.717) is 12.8 Å². The van der Waals surface area contributed by atoms with E-state index in [4.69, 9.17) is 4.74 Å². The second kappa shape index (κ2) is 8.71. The standard InChI is InChI=1S/C27H26N2O3/c1-18-7-5-8-20(13-18)19(2)26(21-9-6-10-23(14-21)32-4)27-24-15-25(31)22(17-30)16-29(24)12-11-28(27)3/h5-10,13-17H,2,11-12H2,1,3-4H3/b27-26+. The number of methoxy groups -OCH3 is 1. The van der Waals surface area contributed by atoms with E-state index in [0.717, 1.165) is 51.5 Å². The van der Waals surface area contributed by atoms with Gasteiger partial charge in [-0.25, -0.2) is 0 Å². The Morgan fingerprint density at radius 1 is 1.06 bits per heavy atom. The lowest BCUT2D eigenvalue weighted by Crippen LogP contribution is -2.33. The molecule has 0 fully saturated rings. The molecule has 0 unspecified atom stereocenters. The number of fused-ring (bicyclic) bond motifs is 1. The maximum atomic E-state index is 12.6. The fraction of sp³-hybridized carbons (Fsp3) is 0.185. The van der Waals surface area contributed by atoms with Gasteiger partial charge in [0.1, 0.15) is 5.75 Å². The molecule has 5 nitrogen and oxygen atoms in total. The molecule has 3 aromatic rings. The molecular weight excluding hydrogens is 400 g/mol. The maximum absolute atomic E-state index is 12.6. The molecule has 1 aliphatic heterocycles. The summed E-state index contributed by atoms with van der Waals surface area (Å²) >= 11 is 0. The first kappa shape index (κ1) is 21.4. The fourth-order valence-corrected chi connectivity index (χ4v) is 4.16. The molecule has 4 rings (SSSR count). The van der Waals surface area contributed by atoms with Gasteiger partial charge in [-0.2, -0.15) is 0 Å². The van der Waals surface area contributed by atoms with Gasteiger partial charge >= 0.3 is 0 Å². The van der Waals surface area contributed by atoms with Gasteiger partial charge in [0.15, 0.2) is 11.7 Å². The predicted octanol–water partition coefficient (Wildman–Crippen LogP) is 4.50. The average Bonchev–Trinajstić information content (AvgIpc) is 2.80. The summed E-state index contributed by atoms with van der Waals surface area (Å²) in [5.41, 5.74) is 6.40. The highest BCUT2D eigenvalue weighted by molar-refractivity contribution is 6.13. The molecule has 0 saturated carbocycles. The lowest BCUT2D eigenvalue weighted by Gasteiger charge is -2.34. The minimum absolute atomic E-state index is 0.165. The van der Waals surface area contributed by atoms with Gasteiger partial charge in [0, 0.05) is 38.0 Å². The molecule has 0 spiro atoms. The summed E-state index contributed by atoms with van der Waals surface area (Å²) < 4.78 is 7.46. The Kier molecular flexibility index (Phi) is 5.82. The third kappa shape index (κ3) is 3.89. The molecule has 2 aromatic carbocycles. The van der Waals surface area contributed by atoms with E-state index in [-0.39, 0.29) is 11.0 Å². The second-order valence-electron chi connectivity index (χ2n) is 8.01. The van der Waals surface area contributed by atoms with E-state index in [9.17, 15) is 9.59 Å². The number of aryl methyl sites for hydroxylation is 1. The van der Waals surface area contributed by atoms with Crippen LogP contribution in [0.2, 0.25) is 0 Å². The van der Waals surface area contributed by atoms with E-state index < -0.39 is 0 Å². The van der Waals surface area contributed by atoms with Crippen LogP contribution < -0.4 is 10.2 Å². The van der Waals surface area contributed by atoms with Gasteiger partial charge in [-0.15, -0.1) is 0 Å². The van der Waals surface area contributed by atoms with Crippen LogP contribution in [-0.2, 0) is 6.54 Å². The first-order chi connectivity index (χ1) is 15.4. The number of carbonyl (C=O) groups is 1. The molecule has 5 heteroatoms. The van der Waals surface area contributed by atoms with Crippen molar-refractivity contribution in [2.45, 2.75) is 13.5 Å². The van der Waals surface area contributed by atoms with Crippen LogP contribution in [-0.4, -0.2) is 36.5 Å². The smallest absolute Gasteiger partial charge is 0.192 e. The summed E-state index contributed by atoms with van der Waals surface area (Å²) in [5.74, 6) is 0.741. The quantitative estimate of drug-likeness (QED) is 0.564.